The van der Waals surface area contributed by atoms with Gasteiger partial charge in [-0.15, -0.1) is 0 Å². The molecule has 1 aliphatic heterocycles. The summed E-state index contributed by atoms with van der Waals surface area (Å²) in [5.41, 5.74) is 8.06. The number of nitrogens with two attached hydrogens (primary N) is 1. The molecule has 7 heteroatoms. The first-order chi connectivity index (χ1) is 9.47. The van der Waals surface area contributed by atoms with Crippen molar-refractivity contribution in [2.45, 2.75) is 12.5 Å². The van der Waals surface area contributed by atoms with Crippen molar-refractivity contribution in [1.29, 1.82) is 0 Å². The third-order valence-electron chi connectivity index (χ3n) is 3.53. The molecule has 20 heavy (non-hydrogen) atoms. The normalized spacial score (nSPS) is 18.9. The van der Waals surface area contributed by atoms with Gasteiger partial charge in [-0.2, -0.15) is 5.10 Å². The van der Waals surface area contributed by atoms with Gasteiger partial charge in [0.05, 0.1) is 18.0 Å². The fraction of sp³-hybridized carbons (Fsp3) is 0.308. The van der Waals surface area contributed by atoms with Crippen molar-refractivity contribution in [1.82, 2.24) is 9.78 Å². The summed E-state index contributed by atoms with van der Waals surface area (Å²) in [6.07, 6.45) is 5.50. The van der Waals surface area contributed by atoms with Crippen LogP contribution in [0, 0.1) is 0 Å². The number of benzene rings is 1. The Morgan fingerprint density at radius 2 is 2.20 bits per heavy atom. The van der Waals surface area contributed by atoms with Crippen LogP contribution in [0.4, 0.5) is 11.4 Å². The second-order valence-corrected chi connectivity index (χ2v) is 6.85. The summed E-state index contributed by atoms with van der Waals surface area (Å²) >= 11 is 0. The number of nitrogen functional groups attached to an aromatic ring is 1. The van der Waals surface area contributed by atoms with E-state index >= 15 is 0 Å². The van der Waals surface area contributed by atoms with Gasteiger partial charge < -0.3 is 5.73 Å². The summed E-state index contributed by atoms with van der Waals surface area (Å²) in [6.45, 7) is 0.445. The minimum Gasteiger partial charge on any atom is -0.399 e. The standard InChI is InChI=1S/C13H16N4O2S/c1-20(18,19)17-8-5-12(16-7-2-6-15-16)11-9-10(14)3-4-13(11)17/h2-4,6-7,9,12H,5,8,14H2,1H3/t12-/m1/s1. The highest BCUT2D eigenvalue weighted by Crippen LogP contribution is 2.38. The van der Waals surface area contributed by atoms with Gasteiger partial charge in [-0.3, -0.25) is 8.99 Å². The second kappa shape index (κ2) is 4.52. The van der Waals surface area contributed by atoms with Crippen molar-refractivity contribution in [2.75, 3.05) is 22.8 Å². The fourth-order valence-electron chi connectivity index (χ4n) is 2.67. The largest absolute Gasteiger partial charge is 0.399 e. The van der Waals surface area contributed by atoms with Gasteiger partial charge in [0.1, 0.15) is 0 Å². The van der Waals surface area contributed by atoms with Gasteiger partial charge in [-0.05, 0) is 30.7 Å². The molecule has 0 saturated heterocycles. The van der Waals surface area contributed by atoms with Gasteiger partial charge in [-0.25, -0.2) is 8.42 Å². The van der Waals surface area contributed by atoms with Crippen LogP contribution in [-0.4, -0.2) is 31.0 Å². The molecule has 0 bridgehead atoms. The molecule has 0 fully saturated rings. The molecule has 0 unspecified atom stereocenters. The summed E-state index contributed by atoms with van der Waals surface area (Å²) in [5, 5.41) is 4.26. The number of aromatic nitrogens is 2. The van der Waals surface area contributed by atoms with Crippen molar-refractivity contribution in [3.63, 3.8) is 0 Å². The van der Waals surface area contributed by atoms with E-state index in [1.54, 1.807) is 18.3 Å². The van der Waals surface area contributed by atoms with E-state index in [0.717, 1.165) is 5.56 Å². The van der Waals surface area contributed by atoms with E-state index < -0.39 is 10.0 Å². The Morgan fingerprint density at radius 3 is 2.85 bits per heavy atom. The average molecular weight is 292 g/mol. The third-order valence-corrected chi connectivity index (χ3v) is 4.71. The zero-order chi connectivity index (χ0) is 14.3. The first-order valence-electron chi connectivity index (χ1n) is 6.33. The van der Waals surface area contributed by atoms with Crippen molar-refractivity contribution in [2.24, 2.45) is 0 Å². The van der Waals surface area contributed by atoms with Gasteiger partial charge in [0.15, 0.2) is 0 Å². The molecule has 2 aromatic rings. The molecule has 2 heterocycles. The molecule has 2 N–H and O–H groups in total. The number of hydrogen-bond donors (Lipinski definition) is 1. The average Bonchev–Trinajstić information content (AvgIpc) is 2.89. The van der Waals surface area contributed by atoms with E-state index in [-0.39, 0.29) is 6.04 Å². The van der Waals surface area contributed by atoms with Crippen molar-refractivity contribution < 1.29 is 8.42 Å². The van der Waals surface area contributed by atoms with Crippen LogP contribution in [0.5, 0.6) is 0 Å². The molecule has 0 radical (unpaired) electrons. The maximum absolute atomic E-state index is 11.9. The lowest BCUT2D eigenvalue weighted by Crippen LogP contribution is -2.37. The molecule has 0 amide bonds. The maximum Gasteiger partial charge on any atom is 0.232 e. The molecule has 0 aliphatic carbocycles. The molecule has 6 nitrogen and oxygen atoms in total. The predicted molar refractivity (Wildman–Crippen MR) is 78.0 cm³/mol. The third kappa shape index (κ3) is 2.14. The summed E-state index contributed by atoms with van der Waals surface area (Å²) in [7, 11) is -3.28. The lowest BCUT2D eigenvalue weighted by molar-refractivity contribution is 0.480. The van der Waals surface area contributed by atoms with Crippen LogP contribution in [0.2, 0.25) is 0 Å². The van der Waals surface area contributed by atoms with Crippen molar-refractivity contribution in [3.05, 3.63) is 42.2 Å². The Labute approximate surface area is 117 Å². The smallest absolute Gasteiger partial charge is 0.232 e. The first-order valence-corrected chi connectivity index (χ1v) is 8.18. The van der Waals surface area contributed by atoms with Crippen molar-refractivity contribution >= 4 is 21.4 Å². The Morgan fingerprint density at radius 1 is 1.40 bits per heavy atom. The van der Waals surface area contributed by atoms with Crippen molar-refractivity contribution in [3.8, 4) is 0 Å². The lowest BCUT2D eigenvalue weighted by Gasteiger charge is -2.34. The minimum absolute atomic E-state index is 0.0153. The number of sulfonamides is 1. The van der Waals surface area contributed by atoms with E-state index in [4.69, 9.17) is 5.73 Å². The number of fused-ring (bicyclic) bond motifs is 1. The highest BCUT2D eigenvalue weighted by Gasteiger charge is 2.31. The Balaban J connectivity index is 2.15. The SMILES string of the molecule is CS(=O)(=O)N1CC[C@@H](n2cccn2)c2cc(N)ccc21. The second-order valence-electron chi connectivity index (χ2n) is 4.94. The predicted octanol–water partition coefficient (Wildman–Crippen LogP) is 1.22. The molecular weight excluding hydrogens is 276 g/mol. The van der Waals surface area contributed by atoms with E-state index in [2.05, 4.69) is 5.10 Å². The quantitative estimate of drug-likeness (QED) is 0.844. The minimum atomic E-state index is -3.28. The molecular formula is C13H16N4O2S. The molecule has 1 aromatic heterocycles. The summed E-state index contributed by atoms with van der Waals surface area (Å²) in [5.74, 6) is 0. The first kappa shape index (κ1) is 13.0. The van der Waals surface area contributed by atoms with Gasteiger partial charge in [0, 0.05) is 30.2 Å². The Bertz CT molecular complexity index is 725. The van der Waals surface area contributed by atoms with Gasteiger partial charge >= 0.3 is 0 Å². The number of rotatable bonds is 2. The van der Waals surface area contributed by atoms with Crippen LogP contribution in [0.15, 0.2) is 36.7 Å². The number of nitrogens with zero attached hydrogens (tertiary/aromatic N) is 3. The van der Waals surface area contributed by atoms with Crippen LogP contribution < -0.4 is 10.0 Å². The number of hydrogen-bond acceptors (Lipinski definition) is 4. The molecule has 1 aliphatic rings. The molecule has 0 spiro atoms. The highest BCUT2D eigenvalue weighted by atomic mass is 32.2. The summed E-state index contributed by atoms with van der Waals surface area (Å²) in [6, 6.07) is 7.19. The van der Waals surface area contributed by atoms with E-state index in [9.17, 15) is 8.42 Å². The van der Waals surface area contributed by atoms with Crippen LogP contribution in [0.3, 0.4) is 0 Å². The van der Waals surface area contributed by atoms with E-state index in [0.29, 0.717) is 24.3 Å². The van der Waals surface area contributed by atoms with Crippen LogP contribution >= 0.6 is 0 Å². The highest BCUT2D eigenvalue weighted by molar-refractivity contribution is 7.92. The van der Waals surface area contributed by atoms with Crippen LogP contribution in [0.25, 0.3) is 0 Å². The van der Waals surface area contributed by atoms with Gasteiger partial charge in [-0.1, -0.05) is 0 Å². The maximum atomic E-state index is 11.9. The van der Waals surface area contributed by atoms with E-state index in [1.807, 2.05) is 23.0 Å². The fourth-order valence-corrected chi connectivity index (χ4v) is 3.63. The molecule has 1 atom stereocenters. The summed E-state index contributed by atoms with van der Waals surface area (Å²) in [4.78, 5) is 0. The Kier molecular flexibility index (Phi) is 2.93. The molecule has 1 aromatic carbocycles. The van der Waals surface area contributed by atoms with Gasteiger partial charge in [0.25, 0.3) is 0 Å². The molecule has 106 valence electrons. The number of anilines is 2. The lowest BCUT2D eigenvalue weighted by atomic mass is 9.97. The zero-order valence-electron chi connectivity index (χ0n) is 11.1. The van der Waals surface area contributed by atoms with Crippen LogP contribution in [0.1, 0.15) is 18.0 Å². The van der Waals surface area contributed by atoms with E-state index in [1.165, 1.54) is 10.6 Å². The zero-order valence-corrected chi connectivity index (χ0v) is 11.9. The van der Waals surface area contributed by atoms with Crippen LogP contribution in [-0.2, 0) is 10.0 Å². The van der Waals surface area contributed by atoms with Gasteiger partial charge in [0.2, 0.25) is 10.0 Å². The Hall–Kier alpha value is -2.02. The monoisotopic (exact) mass is 292 g/mol. The topological polar surface area (TPSA) is 81.2 Å². The summed E-state index contributed by atoms with van der Waals surface area (Å²) < 4.78 is 27.1. The molecule has 3 rings (SSSR count). The molecule has 0 saturated carbocycles.